The zero-order valence-corrected chi connectivity index (χ0v) is 9.46. The number of hydrogen-bond donors (Lipinski definition) is 1. The van der Waals surface area contributed by atoms with Crippen LogP contribution in [0.2, 0.25) is 5.02 Å². The van der Waals surface area contributed by atoms with E-state index in [9.17, 15) is 4.39 Å². The summed E-state index contributed by atoms with van der Waals surface area (Å²) in [7, 11) is 0. The molecule has 0 saturated heterocycles. The Morgan fingerprint density at radius 3 is 2.62 bits per heavy atom. The van der Waals surface area contributed by atoms with Gasteiger partial charge in [-0.25, -0.2) is 4.39 Å². The first kappa shape index (κ1) is 11.2. The number of rotatable bonds is 2. The molecule has 2 rings (SSSR count). The Balaban J connectivity index is 2.42. The molecule has 16 heavy (non-hydrogen) atoms. The average molecular weight is 240 g/mol. The van der Waals surface area contributed by atoms with Crippen LogP contribution in [0, 0.1) is 5.82 Å². The summed E-state index contributed by atoms with van der Waals surface area (Å²) in [5.74, 6) is 0.903. The maximum absolute atomic E-state index is 12.9. The zero-order valence-electron chi connectivity index (χ0n) is 8.71. The minimum Gasteiger partial charge on any atom is -0.459 e. The van der Waals surface area contributed by atoms with E-state index in [2.05, 4.69) is 0 Å². The van der Waals surface area contributed by atoms with E-state index in [1.54, 1.807) is 18.2 Å². The van der Waals surface area contributed by atoms with E-state index < -0.39 is 0 Å². The fourth-order valence-electron chi connectivity index (χ4n) is 1.43. The van der Waals surface area contributed by atoms with Gasteiger partial charge in [0.25, 0.3) is 0 Å². The highest BCUT2D eigenvalue weighted by Gasteiger charge is 2.11. The molecule has 0 aliphatic heterocycles. The van der Waals surface area contributed by atoms with Gasteiger partial charge in [0.15, 0.2) is 0 Å². The number of halogens is 2. The van der Waals surface area contributed by atoms with Gasteiger partial charge in [-0.15, -0.1) is 0 Å². The average Bonchev–Trinajstić information content (AvgIpc) is 2.66. The Morgan fingerprint density at radius 1 is 1.31 bits per heavy atom. The third-order valence-corrected chi connectivity index (χ3v) is 2.58. The van der Waals surface area contributed by atoms with Gasteiger partial charge in [0.05, 0.1) is 11.1 Å². The maximum atomic E-state index is 12.9. The first-order valence-corrected chi connectivity index (χ1v) is 5.26. The Labute approximate surface area is 97.8 Å². The number of hydrogen-bond acceptors (Lipinski definition) is 2. The van der Waals surface area contributed by atoms with Crippen LogP contribution in [-0.2, 0) is 0 Å². The predicted octanol–water partition coefficient (Wildman–Crippen LogP) is 3.76. The number of nitrogens with two attached hydrogens (primary N) is 1. The molecule has 1 aromatic heterocycles. The van der Waals surface area contributed by atoms with Crippen LogP contribution in [0.15, 0.2) is 34.7 Å². The summed E-state index contributed by atoms with van der Waals surface area (Å²) in [5, 5.41) is 0.325. The third kappa shape index (κ3) is 2.10. The van der Waals surface area contributed by atoms with Crippen molar-refractivity contribution in [2.75, 3.05) is 0 Å². The second-order valence-corrected chi connectivity index (χ2v) is 4.02. The highest BCUT2D eigenvalue weighted by Crippen LogP contribution is 2.30. The summed E-state index contributed by atoms with van der Waals surface area (Å²) in [6.45, 7) is 1.83. The van der Waals surface area contributed by atoms with E-state index in [0.29, 0.717) is 22.1 Å². The summed E-state index contributed by atoms with van der Waals surface area (Å²) >= 11 is 5.92. The maximum Gasteiger partial charge on any atom is 0.135 e. The quantitative estimate of drug-likeness (QED) is 0.867. The van der Waals surface area contributed by atoms with E-state index in [4.69, 9.17) is 21.8 Å². The summed E-state index contributed by atoms with van der Waals surface area (Å²) in [6.07, 6.45) is 0. The van der Waals surface area contributed by atoms with Gasteiger partial charge < -0.3 is 10.2 Å². The molecule has 2 N–H and O–H groups in total. The molecule has 1 heterocycles. The van der Waals surface area contributed by atoms with Crippen LogP contribution in [0.1, 0.15) is 18.7 Å². The highest BCUT2D eigenvalue weighted by atomic mass is 35.5. The lowest BCUT2D eigenvalue weighted by atomic mass is 10.2. The molecule has 2 aromatic rings. The fourth-order valence-corrected chi connectivity index (χ4v) is 1.69. The van der Waals surface area contributed by atoms with Crippen molar-refractivity contribution in [3.8, 4) is 11.3 Å². The van der Waals surface area contributed by atoms with Gasteiger partial charge in [-0.05, 0) is 37.3 Å². The molecule has 4 heteroatoms. The first-order valence-electron chi connectivity index (χ1n) is 4.88. The molecule has 1 unspecified atom stereocenters. The molecule has 0 aliphatic rings. The SMILES string of the molecule is CC(N)c1ccc(-c2ccc(F)cc2Cl)o1. The zero-order chi connectivity index (χ0) is 11.7. The minimum atomic E-state index is -0.368. The normalized spacial score (nSPS) is 12.8. The molecule has 0 saturated carbocycles. The van der Waals surface area contributed by atoms with Crippen molar-refractivity contribution in [1.82, 2.24) is 0 Å². The smallest absolute Gasteiger partial charge is 0.135 e. The van der Waals surface area contributed by atoms with E-state index in [1.165, 1.54) is 12.1 Å². The van der Waals surface area contributed by atoms with Crippen molar-refractivity contribution < 1.29 is 8.81 Å². The van der Waals surface area contributed by atoms with Gasteiger partial charge in [-0.2, -0.15) is 0 Å². The lowest BCUT2D eigenvalue weighted by Gasteiger charge is -2.02. The van der Waals surface area contributed by atoms with Crippen molar-refractivity contribution >= 4 is 11.6 Å². The summed E-state index contributed by atoms with van der Waals surface area (Å²) in [5.41, 5.74) is 6.34. The van der Waals surface area contributed by atoms with Gasteiger partial charge in [0.2, 0.25) is 0 Å². The molecule has 0 radical (unpaired) electrons. The number of benzene rings is 1. The lowest BCUT2D eigenvalue weighted by Crippen LogP contribution is -2.02. The van der Waals surface area contributed by atoms with Gasteiger partial charge in [0, 0.05) is 5.56 Å². The largest absolute Gasteiger partial charge is 0.459 e. The molecule has 1 atom stereocenters. The van der Waals surface area contributed by atoms with Crippen LogP contribution in [0.3, 0.4) is 0 Å². The first-order chi connectivity index (χ1) is 7.58. The topological polar surface area (TPSA) is 39.2 Å². The van der Waals surface area contributed by atoms with Crippen molar-refractivity contribution in [3.05, 3.63) is 46.9 Å². The molecule has 1 aromatic carbocycles. The molecule has 0 amide bonds. The molecule has 0 aliphatic carbocycles. The fraction of sp³-hybridized carbons (Fsp3) is 0.167. The predicted molar refractivity (Wildman–Crippen MR) is 61.7 cm³/mol. The Kier molecular flexibility index (Phi) is 2.99. The number of furan rings is 1. The summed E-state index contributed by atoms with van der Waals surface area (Å²) in [6, 6.07) is 7.58. The van der Waals surface area contributed by atoms with Crippen LogP contribution in [0.4, 0.5) is 4.39 Å². The van der Waals surface area contributed by atoms with E-state index >= 15 is 0 Å². The van der Waals surface area contributed by atoms with Crippen molar-refractivity contribution in [2.24, 2.45) is 5.73 Å². The molecule has 2 nitrogen and oxygen atoms in total. The summed E-state index contributed by atoms with van der Waals surface area (Å²) < 4.78 is 18.4. The van der Waals surface area contributed by atoms with Gasteiger partial charge >= 0.3 is 0 Å². The van der Waals surface area contributed by atoms with E-state index in [-0.39, 0.29) is 11.9 Å². The van der Waals surface area contributed by atoms with Gasteiger partial charge in [0.1, 0.15) is 17.3 Å². The van der Waals surface area contributed by atoms with Crippen molar-refractivity contribution in [2.45, 2.75) is 13.0 Å². The molecular weight excluding hydrogens is 229 g/mol. The van der Waals surface area contributed by atoms with Crippen LogP contribution in [-0.4, -0.2) is 0 Å². The lowest BCUT2D eigenvalue weighted by molar-refractivity contribution is 0.491. The van der Waals surface area contributed by atoms with Gasteiger partial charge in [-0.1, -0.05) is 11.6 Å². The molecule has 0 bridgehead atoms. The second-order valence-electron chi connectivity index (χ2n) is 3.61. The standard InChI is InChI=1S/C12H11ClFNO/c1-7(15)11-4-5-12(16-11)9-3-2-8(14)6-10(9)13/h2-7H,15H2,1H3. The minimum absolute atomic E-state index is 0.173. The Morgan fingerprint density at radius 2 is 2.06 bits per heavy atom. The molecule has 0 spiro atoms. The Bertz CT molecular complexity index is 507. The van der Waals surface area contributed by atoms with Crippen LogP contribution in [0.25, 0.3) is 11.3 Å². The van der Waals surface area contributed by atoms with Crippen LogP contribution in [0.5, 0.6) is 0 Å². The highest BCUT2D eigenvalue weighted by molar-refractivity contribution is 6.33. The monoisotopic (exact) mass is 239 g/mol. The molecule has 0 fully saturated rings. The molecular formula is C12H11ClFNO. The van der Waals surface area contributed by atoms with E-state index in [0.717, 1.165) is 0 Å². The summed E-state index contributed by atoms with van der Waals surface area (Å²) in [4.78, 5) is 0. The van der Waals surface area contributed by atoms with Crippen LogP contribution >= 0.6 is 11.6 Å². The van der Waals surface area contributed by atoms with Gasteiger partial charge in [-0.3, -0.25) is 0 Å². The van der Waals surface area contributed by atoms with Crippen molar-refractivity contribution in [3.63, 3.8) is 0 Å². The molecule has 84 valence electrons. The second kappa shape index (κ2) is 4.28. The third-order valence-electron chi connectivity index (χ3n) is 2.27. The van der Waals surface area contributed by atoms with Crippen LogP contribution < -0.4 is 5.73 Å². The van der Waals surface area contributed by atoms with E-state index in [1.807, 2.05) is 6.92 Å². The van der Waals surface area contributed by atoms with Crippen molar-refractivity contribution in [1.29, 1.82) is 0 Å². The Hall–Kier alpha value is -1.32.